The van der Waals surface area contributed by atoms with Crippen LogP contribution < -0.4 is 11.1 Å². The van der Waals surface area contributed by atoms with Crippen molar-refractivity contribution in [1.29, 1.82) is 0 Å². The molecule has 0 saturated heterocycles. The molecule has 0 aromatic heterocycles. The van der Waals surface area contributed by atoms with E-state index in [1.54, 1.807) is 24.3 Å². The summed E-state index contributed by atoms with van der Waals surface area (Å²) in [5.74, 6) is -1.23. The molecule has 0 aliphatic heterocycles. The average molecular weight is 250 g/mol. The molecule has 0 bridgehead atoms. The highest BCUT2D eigenvalue weighted by molar-refractivity contribution is 5.96. The first-order valence-electron chi connectivity index (χ1n) is 5.79. The van der Waals surface area contributed by atoms with E-state index in [-0.39, 0.29) is 5.92 Å². The highest BCUT2D eigenvalue weighted by Gasteiger charge is 2.21. The fraction of sp³-hybridized carbons (Fsp3) is 0.385. The molecule has 1 atom stereocenters. The Labute approximate surface area is 106 Å². The third kappa shape index (κ3) is 4.08. The molecule has 1 rings (SSSR count). The number of nitrogens with one attached hydrogen (secondary N) is 1. The van der Waals surface area contributed by atoms with Gasteiger partial charge in [-0.3, -0.25) is 4.79 Å². The molecule has 5 heteroatoms. The number of carbonyl (C=O) groups excluding carboxylic acids is 1. The minimum absolute atomic E-state index is 0.192. The van der Waals surface area contributed by atoms with Gasteiger partial charge in [0.25, 0.3) is 5.91 Å². The number of nitrogens with two attached hydrogens (primary N) is 1. The number of anilines is 1. The minimum atomic E-state index is -1.02. The number of carbonyl (C=O) groups is 2. The quantitative estimate of drug-likeness (QED) is 0.690. The summed E-state index contributed by atoms with van der Waals surface area (Å²) in [4.78, 5) is 22.9. The zero-order valence-corrected chi connectivity index (χ0v) is 10.5. The maximum absolute atomic E-state index is 11.8. The van der Waals surface area contributed by atoms with Gasteiger partial charge in [-0.2, -0.15) is 0 Å². The van der Waals surface area contributed by atoms with Crippen LogP contribution in [0.25, 0.3) is 0 Å². The topological polar surface area (TPSA) is 92.4 Å². The number of hydrogen-bond acceptors (Lipinski definition) is 3. The minimum Gasteiger partial charge on any atom is -0.480 e. The lowest BCUT2D eigenvalue weighted by atomic mass is 10.0. The fourth-order valence-corrected chi connectivity index (χ4v) is 1.57. The van der Waals surface area contributed by atoms with Crippen LogP contribution >= 0.6 is 0 Å². The fourth-order valence-electron chi connectivity index (χ4n) is 1.57. The van der Waals surface area contributed by atoms with Crippen molar-refractivity contribution in [3.63, 3.8) is 0 Å². The predicted octanol–water partition coefficient (Wildman–Crippen LogP) is 1.50. The summed E-state index contributed by atoms with van der Waals surface area (Å²) in [5.41, 5.74) is 6.48. The first kappa shape index (κ1) is 14.0. The van der Waals surface area contributed by atoms with Crippen molar-refractivity contribution in [3.05, 3.63) is 29.8 Å². The summed E-state index contributed by atoms with van der Waals surface area (Å²) in [6, 6.07) is 5.48. The van der Waals surface area contributed by atoms with Crippen LogP contribution in [-0.4, -0.2) is 23.0 Å². The summed E-state index contributed by atoms with van der Waals surface area (Å²) < 4.78 is 0. The first-order chi connectivity index (χ1) is 8.40. The van der Waals surface area contributed by atoms with E-state index in [1.807, 2.05) is 13.8 Å². The van der Waals surface area contributed by atoms with Gasteiger partial charge < -0.3 is 16.2 Å². The van der Waals surface area contributed by atoms with Crippen LogP contribution in [0.2, 0.25) is 0 Å². The number of rotatable bonds is 5. The van der Waals surface area contributed by atoms with E-state index in [1.165, 1.54) is 0 Å². The lowest BCUT2D eigenvalue weighted by Crippen LogP contribution is -2.41. The lowest BCUT2D eigenvalue weighted by Gasteiger charge is -2.16. The number of hydrogen-bond donors (Lipinski definition) is 3. The summed E-state index contributed by atoms with van der Waals surface area (Å²) in [6.45, 7) is 3.82. The van der Waals surface area contributed by atoms with E-state index in [2.05, 4.69) is 5.32 Å². The summed E-state index contributed by atoms with van der Waals surface area (Å²) in [7, 11) is 0. The predicted molar refractivity (Wildman–Crippen MR) is 69.2 cm³/mol. The van der Waals surface area contributed by atoms with Crippen LogP contribution in [0.4, 0.5) is 5.69 Å². The lowest BCUT2D eigenvalue weighted by molar-refractivity contribution is -0.139. The zero-order valence-electron chi connectivity index (χ0n) is 10.5. The zero-order chi connectivity index (χ0) is 13.7. The monoisotopic (exact) mass is 250 g/mol. The maximum Gasteiger partial charge on any atom is 0.326 e. The number of amides is 1. The van der Waals surface area contributed by atoms with E-state index < -0.39 is 17.9 Å². The van der Waals surface area contributed by atoms with E-state index >= 15 is 0 Å². The Kier molecular flexibility index (Phi) is 4.71. The van der Waals surface area contributed by atoms with E-state index in [4.69, 9.17) is 10.8 Å². The number of carboxylic acid groups (broad SMARTS) is 1. The third-order valence-electron chi connectivity index (χ3n) is 2.48. The van der Waals surface area contributed by atoms with Gasteiger partial charge in [0.05, 0.1) is 0 Å². The SMILES string of the molecule is CC(C)CC(NC(=O)c1ccc(N)cc1)C(=O)O. The van der Waals surface area contributed by atoms with Crippen LogP contribution in [-0.2, 0) is 4.79 Å². The standard InChI is InChI=1S/C13H18N2O3/c1-8(2)7-11(13(17)18)15-12(16)9-3-5-10(14)6-4-9/h3-6,8,11H,7,14H2,1-2H3,(H,15,16)(H,17,18). The van der Waals surface area contributed by atoms with Crippen molar-refractivity contribution in [2.24, 2.45) is 5.92 Å². The smallest absolute Gasteiger partial charge is 0.326 e. The van der Waals surface area contributed by atoms with Gasteiger partial charge in [0, 0.05) is 11.3 Å². The maximum atomic E-state index is 11.8. The highest BCUT2D eigenvalue weighted by Crippen LogP contribution is 2.08. The Hall–Kier alpha value is -2.04. The summed E-state index contributed by atoms with van der Waals surface area (Å²) in [6.07, 6.45) is 0.399. The normalized spacial score (nSPS) is 12.2. The van der Waals surface area contributed by atoms with Gasteiger partial charge in [0.1, 0.15) is 6.04 Å². The van der Waals surface area contributed by atoms with Crippen molar-refractivity contribution < 1.29 is 14.7 Å². The molecule has 18 heavy (non-hydrogen) atoms. The number of nitrogen functional groups attached to an aromatic ring is 1. The van der Waals surface area contributed by atoms with Gasteiger partial charge >= 0.3 is 5.97 Å². The van der Waals surface area contributed by atoms with Crippen molar-refractivity contribution in [1.82, 2.24) is 5.32 Å². The number of aliphatic carboxylic acids is 1. The van der Waals surface area contributed by atoms with Gasteiger partial charge in [-0.15, -0.1) is 0 Å². The second-order valence-corrected chi connectivity index (χ2v) is 4.62. The number of carboxylic acids is 1. The average Bonchev–Trinajstić information content (AvgIpc) is 2.28. The van der Waals surface area contributed by atoms with Gasteiger partial charge in [0.15, 0.2) is 0 Å². The Morgan fingerprint density at radius 2 is 1.83 bits per heavy atom. The molecular formula is C13H18N2O3. The summed E-state index contributed by atoms with van der Waals surface area (Å²) in [5, 5.41) is 11.5. The summed E-state index contributed by atoms with van der Waals surface area (Å²) >= 11 is 0. The molecular weight excluding hydrogens is 232 g/mol. The molecule has 5 nitrogen and oxygen atoms in total. The number of benzene rings is 1. The van der Waals surface area contributed by atoms with E-state index in [0.717, 1.165) is 0 Å². The van der Waals surface area contributed by atoms with Crippen LogP contribution in [0.15, 0.2) is 24.3 Å². The molecule has 1 aromatic rings. The second kappa shape index (κ2) is 6.05. The molecule has 0 aliphatic carbocycles. The molecule has 1 unspecified atom stereocenters. The van der Waals surface area contributed by atoms with Crippen molar-refractivity contribution in [3.8, 4) is 0 Å². The van der Waals surface area contributed by atoms with Gasteiger partial charge in [-0.05, 0) is 36.6 Å². The van der Waals surface area contributed by atoms with Crippen LogP contribution in [0, 0.1) is 5.92 Å². The Bertz CT molecular complexity index is 426. The largest absolute Gasteiger partial charge is 0.480 e. The molecule has 1 aromatic carbocycles. The van der Waals surface area contributed by atoms with E-state index in [0.29, 0.717) is 17.7 Å². The van der Waals surface area contributed by atoms with Crippen molar-refractivity contribution in [2.75, 3.05) is 5.73 Å². The molecule has 0 radical (unpaired) electrons. The van der Waals surface area contributed by atoms with Crippen LogP contribution in [0.1, 0.15) is 30.6 Å². The van der Waals surface area contributed by atoms with E-state index in [9.17, 15) is 9.59 Å². The Balaban J connectivity index is 2.72. The molecule has 4 N–H and O–H groups in total. The first-order valence-corrected chi connectivity index (χ1v) is 5.79. The van der Waals surface area contributed by atoms with Gasteiger partial charge in [0.2, 0.25) is 0 Å². The molecule has 0 fully saturated rings. The highest BCUT2D eigenvalue weighted by atomic mass is 16.4. The molecule has 98 valence electrons. The third-order valence-corrected chi connectivity index (χ3v) is 2.48. The van der Waals surface area contributed by atoms with Crippen molar-refractivity contribution >= 4 is 17.6 Å². The molecule has 1 amide bonds. The molecule has 0 saturated carbocycles. The molecule has 0 heterocycles. The van der Waals surface area contributed by atoms with Gasteiger partial charge in [-0.1, -0.05) is 13.8 Å². The van der Waals surface area contributed by atoms with Crippen LogP contribution in [0.5, 0.6) is 0 Å². The van der Waals surface area contributed by atoms with Crippen LogP contribution in [0.3, 0.4) is 0 Å². The Morgan fingerprint density at radius 3 is 2.28 bits per heavy atom. The van der Waals surface area contributed by atoms with Gasteiger partial charge in [-0.25, -0.2) is 4.79 Å². The Morgan fingerprint density at radius 1 is 1.28 bits per heavy atom. The second-order valence-electron chi connectivity index (χ2n) is 4.62. The molecule has 0 spiro atoms. The molecule has 0 aliphatic rings. The van der Waals surface area contributed by atoms with Crippen molar-refractivity contribution in [2.45, 2.75) is 26.3 Å².